The Morgan fingerprint density at radius 1 is 1.42 bits per heavy atom. The SMILES string of the molecule is Cc1ccc(C(C)NC(=O)C2(CN)CCC2)c(C)c1. The van der Waals surface area contributed by atoms with Gasteiger partial charge >= 0.3 is 0 Å². The number of carbonyl (C=O) groups excluding carboxylic acids is 1. The quantitative estimate of drug-likeness (QED) is 0.874. The van der Waals surface area contributed by atoms with Crippen LogP contribution < -0.4 is 11.1 Å². The van der Waals surface area contributed by atoms with Crippen molar-refractivity contribution >= 4 is 5.91 Å². The van der Waals surface area contributed by atoms with E-state index in [-0.39, 0.29) is 17.4 Å². The molecule has 1 aromatic carbocycles. The van der Waals surface area contributed by atoms with Gasteiger partial charge < -0.3 is 11.1 Å². The molecule has 1 unspecified atom stereocenters. The summed E-state index contributed by atoms with van der Waals surface area (Å²) < 4.78 is 0. The van der Waals surface area contributed by atoms with E-state index in [0.717, 1.165) is 19.3 Å². The lowest BCUT2D eigenvalue weighted by Crippen LogP contribution is -2.50. The lowest BCUT2D eigenvalue weighted by atomic mass is 9.68. The van der Waals surface area contributed by atoms with Crippen LogP contribution in [0, 0.1) is 19.3 Å². The van der Waals surface area contributed by atoms with E-state index in [1.807, 2.05) is 6.92 Å². The van der Waals surface area contributed by atoms with Gasteiger partial charge in [0.2, 0.25) is 5.91 Å². The van der Waals surface area contributed by atoms with Crippen LogP contribution in [0.4, 0.5) is 0 Å². The summed E-state index contributed by atoms with van der Waals surface area (Å²) in [6.07, 6.45) is 2.96. The fraction of sp³-hybridized carbons (Fsp3) is 0.562. The Kier molecular flexibility index (Phi) is 3.95. The molecule has 0 spiro atoms. The molecule has 2 rings (SSSR count). The number of rotatable bonds is 4. The number of carbonyl (C=O) groups is 1. The molecule has 0 saturated heterocycles. The molecule has 0 radical (unpaired) electrons. The van der Waals surface area contributed by atoms with Crippen molar-refractivity contribution in [3.63, 3.8) is 0 Å². The smallest absolute Gasteiger partial charge is 0.227 e. The van der Waals surface area contributed by atoms with E-state index in [1.165, 1.54) is 16.7 Å². The van der Waals surface area contributed by atoms with Crippen molar-refractivity contribution in [1.29, 1.82) is 0 Å². The summed E-state index contributed by atoms with van der Waals surface area (Å²) in [6, 6.07) is 6.38. The van der Waals surface area contributed by atoms with Crippen molar-refractivity contribution in [2.75, 3.05) is 6.54 Å². The lowest BCUT2D eigenvalue weighted by molar-refractivity contribution is -0.135. The minimum atomic E-state index is -0.299. The van der Waals surface area contributed by atoms with Crippen LogP contribution in [0.15, 0.2) is 18.2 Å². The van der Waals surface area contributed by atoms with E-state index in [9.17, 15) is 4.79 Å². The molecule has 1 aliphatic rings. The van der Waals surface area contributed by atoms with Crippen molar-refractivity contribution < 1.29 is 4.79 Å². The Hall–Kier alpha value is -1.35. The zero-order chi connectivity index (χ0) is 14.0. The van der Waals surface area contributed by atoms with Gasteiger partial charge in [0.05, 0.1) is 11.5 Å². The molecule has 0 aliphatic heterocycles. The zero-order valence-electron chi connectivity index (χ0n) is 12.1. The van der Waals surface area contributed by atoms with Crippen molar-refractivity contribution in [3.8, 4) is 0 Å². The van der Waals surface area contributed by atoms with Crippen molar-refractivity contribution in [1.82, 2.24) is 5.32 Å². The highest BCUT2D eigenvalue weighted by Gasteiger charge is 2.43. The van der Waals surface area contributed by atoms with Gasteiger partial charge in [-0.3, -0.25) is 4.79 Å². The van der Waals surface area contributed by atoms with Crippen LogP contribution in [0.1, 0.15) is 48.9 Å². The van der Waals surface area contributed by atoms with Crippen LogP contribution >= 0.6 is 0 Å². The van der Waals surface area contributed by atoms with Crippen molar-refractivity contribution in [3.05, 3.63) is 34.9 Å². The van der Waals surface area contributed by atoms with Gasteiger partial charge in [-0.15, -0.1) is 0 Å². The van der Waals surface area contributed by atoms with Crippen LogP contribution in [-0.2, 0) is 4.79 Å². The lowest BCUT2D eigenvalue weighted by Gasteiger charge is -2.40. The summed E-state index contributed by atoms with van der Waals surface area (Å²) in [5.74, 6) is 0.119. The topological polar surface area (TPSA) is 55.1 Å². The molecule has 1 aromatic rings. The number of nitrogens with one attached hydrogen (secondary N) is 1. The molecule has 1 aliphatic carbocycles. The highest BCUT2D eigenvalue weighted by Crippen LogP contribution is 2.40. The number of aryl methyl sites for hydroxylation is 2. The van der Waals surface area contributed by atoms with E-state index in [4.69, 9.17) is 5.73 Å². The highest BCUT2D eigenvalue weighted by atomic mass is 16.2. The molecule has 3 heteroatoms. The van der Waals surface area contributed by atoms with Crippen LogP contribution in [0.25, 0.3) is 0 Å². The molecule has 0 aromatic heterocycles. The summed E-state index contributed by atoms with van der Waals surface area (Å²) in [6.45, 7) is 6.67. The summed E-state index contributed by atoms with van der Waals surface area (Å²) in [4.78, 5) is 12.3. The molecule has 1 fully saturated rings. The highest BCUT2D eigenvalue weighted by molar-refractivity contribution is 5.84. The molecule has 0 heterocycles. The van der Waals surface area contributed by atoms with E-state index >= 15 is 0 Å². The first-order chi connectivity index (χ1) is 8.98. The average molecular weight is 260 g/mol. The number of amides is 1. The molecule has 104 valence electrons. The van der Waals surface area contributed by atoms with Crippen molar-refractivity contribution in [2.45, 2.75) is 46.1 Å². The summed E-state index contributed by atoms with van der Waals surface area (Å²) in [5, 5.41) is 3.13. The molecule has 0 bridgehead atoms. The predicted molar refractivity (Wildman–Crippen MR) is 77.8 cm³/mol. The largest absolute Gasteiger partial charge is 0.349 e. The third-order valence-corrected chi connectivity index (χ3v) is 4.42. The van der Waals surface area contributed by atoms with Gasteiger partial charge in [-0.25, -0.2) is 0 Å². The van der Waals surface area contributed by atoms with Gasteiger partial charge in [0.1, 0.15) is 0 Å². The number of hydrogen-bond donors (Lipinski definition) is 2. The average Bonchev–Trinajstić information content (AvgIpc) is 2.27. The second-order valence-corrected chi connectivity index (χ2v) is 5.89. The Labute approximate surface area is 115 Å². The van der Waals surface area contributed by atoms with Gasteiger partial charge in [-0.05, 0) is 44.7 Å². The summed E-state index contributed by atoms with van der Waals surface area (Å²) >= 11 is 0. The van der Waals surface area contributed by atoms with Crippen LogP contribution in [0.3, 0.4) is 0 Å². The molecule has 19 heavy (non-hydrogen) atoms. The Morgan fingerprint density at radius 2 is 2.11 bits per heavy atom. The molecule has 1 amide bonds. The zero-order valence-corrected chi connectivity index (χ0v) is 12.1. The van der Waals surface area contributed by atoms with E-state index < -0.39 is 0 Å². The molecule has 3 nitrogen and oxygen atoms in total. The fourth-order valence-corrected chi connectivity index (χ4v) is 2.87. The van der Waals surface area contributed by atoms with Crippen molar-refractivity contribution in [2.24, 2.45) is 11.1 Å². The first kappa shape index (κ1) is 14.1. The Bertz CT molecular complexity index is 472. The van der Waals surface area contributed by atoms with Gasteiger partial charge in [-0.2, -0.15) is 0 Å². The van der Waals surface area contributed by atoms with Gasteiger partial charge in [0.15, 0.2) is 0 Å². The first-order valence-corrected chi connectivity index (χ1v) is 7.07. The second kappa shape index (κ2) is 5.33. The number of nitrogens with two attached hydrogens (primary N) is 1. The Morgan fingerprint density at radius 3 is 2.58 bits per heavy atom. The monoisotopic (exact) mass is 260 g/mol. The molecular formula is C16H24N2O. The van der Waals surface area contributed by atoms with E-state index in [2.05, 4.69) is 37.4 Å². The minimum absolute atomic E-state index is 0.0390. The molecule has 1 atom stereocenters. The normalized spacial score (nSPS) is 18.5. The number of hydrogen-bond acceptors (Lipinski definition) is 2. The van der Waals surface area contributed by atoms with Gasteiger partial charge in [0.25, 0.3) is 0 Å². The number of benzene rings is 1. The van der Waals surface area contributed by atoms with Crippen LogP contribution in [-0.4, -0.2) is 12.5 Å². The maximum absolute atomic E-state index is 12.3. The molecule has 1 saturated carbocycles. The second-order valence-electron chi connectivity index (χ2n) is 5.89. The predicted octanol–water partition coefficient (Wildman–Crippen LogP) is 2.61. The standard InChI is InChI=1S/C16H24N2O/c1-11-5-6-14(12(2)9-11)13(3)18-15(19)16(10-17)7-4-8-16/h5-6,9,13H,4,7-8,10,17H2,1-3H3,(H,18,19). The minimum Gasteiger partial charge on any atom is -0.349 e. The van der Waals surface area contributed by atoms with Crippen LogP contribution in [0.5, 0.6) is 0 Å². The summed E-state index contributed by atoms with van der Waals surface area (Å²) in [7, 11) is 0. The van der Waals surface area contributed by atoms with Gasteiger partial charge in [-0.1, -0.05) is 30.2 Å². The first-order valence-electron chi connectivity index (χ1n) is 7.07. The van der Waals surface area contributed by atoms with Crippen LogP contribution in [0.2, 0.25) is 0 Å². The molecular weight excluding hydrogens is 236 g/mol. The van der Waals surface area contributed by atoms with E-state index in [1.54, 1.807) is 0 Å². The van der Waals surface area contributed by atoms with E-state index in [0.29, 0.717) is 6.54 Å². The summed E-state index contributed by atoms with van der Waals surface area (Å²) in [5.41, 5.74) is 9.13. The third-order valence-electron chi connectivity index (χ3n) is 4.42. The Balaban J connectivity index is 2.08. The maximum atomic E-state index is 12.3. The maximum Gasteiger partial charge on any atom is 0.227 e. The fourth-order valence-electron chi connectivity index (χ4n) is 2.87. The molecule has 3 N–H and O–H groups in total. The third kappa shape index (κ3) is 2.66. The van der Waals surface area contributed by atoms with Gasteiger partial charge in [0, 0.05) is 6.54 Å².